The van der Waals surface area contributed by atoms with E-state index in [0.717, 1.165) is 12.8 Å². The highest BCUT2D eigenvalue weighted by molar-refractivity contribution is 6.07. The van der Waals surface area contributed by atoms with Gasteiger partial charge in [0, 0.05) is 12.1 Å². The van der Waals surface area contributed by atoms with E-state index in [2.05, 4.69) is 17.2 Å². The Morgan fingerprint density at radius 2 is 1.94 bits per heavy atom. The maximum atomic E-state index is 12.3. The van der Waals surface area contributed by atoms with Crippen molar-refractivity contribution in [2.75, 3.05) is 0 Å². The number of nitrogens with zero attached hydrogens (tertiary/aromatic N) is 3. The normalized spacial score (nSPS) is 10.6. The van der Waals surface area contributed by atoms with E-state index in [4.69, 9.17) is 0 Å². The summed E-state index contributed by atoms with van der Waals surface area (Å²) in [6, 6.07) is 7.71. The lowest BCUT2D eigenvalue weighted by atomic mass is 10.1. The first-order chi connectivity index (χ1) is 8.76. The summed E-state index contributed by atoms with van der Waals surface area (Å²) in [7, 11) is 0. The zero-order chi connectivity index (χ0) is 13.0. The Hall–Kier alpha value is -1.97. The Morgan fingerprint density at radius 1 is 1.22 bits per heavy atom. The second-order valence-corrected chi connectivity index (χ2v) is 4.22. The third kappa shape index (κ3) is 2.47. The van der Waals surface area contributed by atoms with Crippen LogP contribution in [0.3, 0.4) is 0 Å². The third-order valence-corrected chi connectivity index (χ3v) is 2.91. The summed E-state index contributed by atoms with van der Waals surface area (Å²) < 4.78 is 1.66. The number of aromatic nitrogens is 3. The van der Waals surface area contributed by atoms with Crippen molar-refractivity contribution in [3.63, 3.8) is 0 Å². The zero-order valence-corrected chi connectivity index (χ0v) is 10.8. The maximum absolute atomic E-state index is 12.3. The third-order valence-electron chi connectivity index (χ3n) is 2.91. The summed E-state index contributed by atoms with van der Waals surface area (Å²) in [6.45, 7) is 4.86. The topological polar surface area (TPSA) is 47.8 Å². The van der Waals surface area contributed by atoms with Gasteiger partial charge >= 0.3 is 0 Å². The summed E-state index contributed by atoms with van der Waals surface area (Å²) in [5, 5.41) is 7.75. The maximum Gasteiger partial charge on any atom is 0.212 e. The Morgan fingerprint density at radius 3 is 2.56 bits per heavy atom. The number of benzene rings is 1. The number of ketones is 1. The van der Waals surface area contributed by atoms with Gasteiger partial charge in [0.25, 0.3) is 0 Å². The number of rotatable bonds is 5. The Labute approximate surface area is 107 Å². The van der Waals surface area contributed by atoms with Gasteiger partial charge in [0.15, 0.2) is 0 Å². The van der Waals surface area contributed by atoms with Crippen molar-refractivity contribution >= 4 is 5.78 Å². The molecule has 0 aliphatic heterocycles. The van der Waals surface area contributed by atoms with Crippen LogP contribution in [0.1, 0.15) is 41.9 Å². The standard InChI is InChI=1S/C14H17N3O/c1-3-9-17-13(10-15-16-17)14(18)12-7-5-11(4-2)6-8-12/h5-8,10H,3-4,9H2,1-2H3. The van der Waals surface area contributed by atoms with Gasteiger partial charge in [-0.15, -0.1) is 5.10 Å². The van der Waals surface area contributed by atoms with E-state index in [0.29, 0.717) is 17.8 Å². The molecule has 0 radical (unpaired) electrons. The van der Waals surface area contributed by atoms with Crippen molar-refractivity contribution in [1.29, 1.82) is 0 Å². The molecule has 0 fully saturated rings. The van der Waals surface area contributed by atoms with Gasteiger partial charge in [0.05, 0.1) is 6.20 Å². The number of aryl methyl sites for hydroxylation is 2. The van der Waals surface area contributed by atoms with Crippen LogP contribution in [-0.4, -0.2) is 20.8 Å². The number of hydrogen-bond donors (Lipinski definition) is 0. The van der Waals surface area contributed by atoms with Gasteiger partial charge in [-0.05, 0) is 18.4 Å². The molecule has 0 saturated carbocycles. The minimum absolute atomic E-state index is 0.0175. The Kier molecular flexibility index (Phi) is 3.87. The van der Waals surface area contributed by atoms with Crippen LogP contribution >= 0.6 is 0 Å². The van der Waals surface area contributed by atoms with Crippen LogP contribution in [0.15, 0.2) is 30.5 Å². The molecule has 18 heavy (non-hydrogen) atoms. The molecule has 1 heterocycles. The molecular weight excluding hydrogens is 226 g/mol. The average Bonchev–Trinajstić information content (AvgIpc) is 2.87. The smallest absolute Gasteiger partial charge is 0.212 e. The number of hydrogen-bond acceptors (Lipinski definition) is 3. The second-order valence-electron chi connectivity index (χ2n) is 4.22. The molecule has 0 spiro atoms. The van der Waals surface area contributed by atoms with Gasteiger partial charge in [0.2, 0.25) is 5.78 Å². The molecule has 0 aliphatic rings. The van der Waals surface area contributed by atoms with Crippen molar-refractivity contribution in [1.82, 2.24) is 15.0 Å². The monoisotopic (exact) mass is 243 g/mol. The molecule has 0 bridgehead atoms. The van der Waals surface area contributed by atoms with Crippen LogP contribution in [0.4, 0.5) is 0 Å². The first-order valence-electron chi connectivity index (χ1n) is 6.28. The molecule has 0 unspecified atom stereocenters. The highest BCUT2D eigenvalue weighted by atomic mass is 16.1. The summed E-state index contributed by atoms with van der Waals surface area (Å²) in [5.74, 6) is -0.0175. The fourth-order valence-electron chi connectivity index (χ4n) is 1.85. The lowest BCUT2D eigenvalue weighted by Gasteiger charge is -2.04. The quantitative estimate of drug-likeness (QED) is 0.758. The minimum atomic E-state index is -0.0175. The summed E-state index contributed by atoms with van der Waals surface area (Å²) in [6.07, 6.45) is 3.44. The predicted molar refractivity (Wildman–Crippen MR) is 69.6 cm³/mol. The van der Waals surface area contributed by atoms with Crippen LogP contribution in [0, 0.1) is 0 Å². The van der Waals surface area contributed by atoms with E-state index in [1.807, 2.05) is 31.2 Å². The van der Waals surface area contributed by atoms with Crippen LogP contribution in [0.5, 0.6) is 0 Å². The molecule has 4 heteroatoms. The molecule has 0 aliphatic carbocycles. The molecule has 4 nitrogen and oxygen atoms in total. The first kappa shape index (κ1) is 12.5. The van der Waals surface area contributed by atoms with Crippen LogP contribution in [0.25, 0.3) is 0 Å². The van der Waals surface area contributed by atoms with Crippen LogP contribution in [-0.2, 0) is 13.0 Å². The van der Waals surface area contributed by atoms with E-state index < -0.39 is 0 Å². The first-order valence-corrected chi connectivity index (χ1v) is 6.28. The van der Waals surface area contributed by atoms with Crippen molar-refractivity contribution in [3.05, 3.63) is 47.3 Å². The van der Waals surface area contributed by atoms with E-state index in [1.165, 1.54) is 11.8 Å². The fraction of sp³-hybridized carbons (Fsp3) is 0.357. The molecule has 94 valence electrons. The summed E-state index contributed by atoms with van der Waals surface area (Å²) in [4.78, 5) is 12.3. The fourth-order valence-corrected chi connectivity index (χ4v) is 1.85. The molecular formula is C14H17N3O. The summed E-state index contributed by atoms with van der Waals surface area (Å²) >= 11 is 0. The number of carbonyl (C=O) groups excluding carboxylic acids is 1. The van der Waals surface area contributed by atoms with Crippen molar-refractivity contribution in [2.24, 2.45) is 0 Å². The molecule has 0 N–H and O–H groups in total. The lowest BCUT2D eigenvalue weighted by molar-refractivity contribution is 0.102. The van der Waals surface area contributed by atoms with Gasteiger partial charge in [-0.1, -0.05) is 43.3 Å². The number of carbonyl (C=O) groups is 1. The molecule has 2 rings (SSSR count). The van der Waals surface area contributed by atoms with Gasteiger partial charge in [0.1, 0.15) is 5.69 Å². The molecule has 0 saturated heterocycles. The Bertz CT molecular complexity index is 528. The van der Waals surface area contributed by atoms with Crippen molar-refractivity contribution in [2.45, 2.75) is 33.2 Å². The predicted octanol–water partition coefficient (Wildman–Crippen LogP) is 2.48. The SMILES string of the molecule is CCCn1nncc1C(=O)c1ccc(CC)cc1. The summed E-state index contributed by atoms with van der Waals surface area (Å²) in [5.41, 5.74) is 2.47. The van der Waals surface area contributed by atoms with Gasteiger partial charge in [-0.3, -0.25) is 4.79 Å². The van der Waals surface area contributed by atoms with E-state index in [1.54, 1.807) is 4.68 Å². The highest BCUT2D eigenvalue weighted by Crippen LogP contribution is 2.11. The largest absolute Gasteiger partial charge is 0.287 e. The second kappa shape index (κ2) is 5.58. The molecule has 2 aromatic rings. The van der Waals surface area contributed by atoms with Gasteiger partial charge < -0.3 is 0 Å². The van der Waals surface area contributed by atoms with Crippen LogP contribution < -0.4 is 0 Å². The Balaban J connectivity index is 2.26. The van der Waals surface area contributed by atoms with Crippen molar-refractivity contribution in [3.8, 4) is 0 Å². The molecule has 1 aromatic carbocycles. The molecule has 0 amide bonds. The molecule has 1 aromatic heterocycles. The molecule has 0 atom stereocenters. The minimum Gasteiger partial charge on any atom is -0.287 e. The highest BCUT2D eigenvalue weighted by Gasteiger charge is 2.14. The zero-order valence-electron chi connectivity index (χ0n) is 10.8. The average molecular weight is 243 g/mol. The van der Waals surface area contributed by atoms with E-state index >= 15 is 0 Å². The lowest BCUT2D eigenvalue weighted by Crippen LogP contribution is -2.11. The van der Waals surface area contributed by atoms with Gasteiger partial charge in [-0.2, -0.15) is 0 Å². The van der Waals surface area contributed by atoms with Gasteiger partial charge in [-0.25, -0.2) is 4.68 Å². The van der Waals surface area contributed by atoms with Crippen LogP contribution in [0.2, 0.25) is 0 Å². The van der Waals surface area contributed by atoms with Crippen molar-refractivity contribution < 1.29 is 4.79 Å². The van der Waals surface area contributed by atoms with E-state index in [-0.39, 0.29) is 5.78 Å². The van der Waals surface area contributed by atoms with E-state index in [9.17, 15) is 4.79 Å².